The number of rotatable bonds is 5. The number of carbonyl (C=O) groups is 1. The zero-order valence-electron chi connectivity index (χ0n) is 19.9. The summed E-state index contributed by atoms with van der Waals surface area (Å²) in [6.07, 6.45) is 6.62. The normalized spacial score (nSPS) is 23.8. The fraction of sp³-hybridized carbons (Fsp3) is 0.536. The van der Waals surface area contributed by atoms with Crippen LogP contribution in [0.25, 0.3) is 0 Å². The van der Waals surface area contributed by atoms with E-state index in [9.17, 15) is 9.90 Å². The molecule has 1 saturated carbocycles. The lowest BCUT2D eigenvalue weighted by Gasteiger charge is -2.36. The van der Waals surface area contributed by atoms with Crippen LogP contribution < -0.4 is 9.80 Å². The quantitative estimate of drug-likeness (QED) is 0.747. The van der Waals surface area contributed by atoms with Crippen LogP contribution in [0.1, 0.15) is 49.7 Å². The Hall–Kier alpha value is -2.37. The molecule has 0 radical (unpaired) electrons. The van der Waals surface area contributed by atoms with Gasteiger partial charge in [0.2, 0.25) is 5.91 Å². The predicted molar refractivity (Wildman–Crippen MR) is 134 cm³/mol. The van der Waals surface area contributed by atoms with Gasteiger partial charge in [0.05, 0.1) is 5.60 Å². The second kappa shape index (κ2) is 9.47. The van der Waals surface area contributed by atoms with Crippen molar-refractivity contribution in [3.05, 3.63) is 59.7 Å². The van der Waals surface area contributed by atoms with E-state index in [1.54, 1.807) is 0 Å². The molecule has 3 fully saturated rings. The van der Waals surface area contributed by atoms with E-state index in [0.717, 1.165) is 88.9 Å². The summed E-state index contributed by atoms with van der Waals surface area (Å²) in [5.74, 6) is 0.257. The zero-order valence-corrected chi connectivity index (χ0v) is 19.9. The Balaban J connectivity index is 1.30. The minimum Gasteiger partial charge on any atom is -0.385 e. The van der Waals surface area contributed by atoms with Gasteiger partial charge in [0, 0.05) is 50.0 Å². The Kier molecular flexibility index (Phi) is 6.44. The van der Waals surface area contributed by atoms with Gasteiger partial charge in [0.25, 0.3) is 0 Å². The Labute approximate surface area is 198 Å². The van der Waals surface area contributed by atoms with E-state index < -0.39 is 5.60 Å². The predicted octanol–water partition coefficient (Wildman–Crippen LogP) is 4.19. The first-order valence-electron chi connectivity index (χ1n) is 12.7. The van der Waals surface area contributed by atoms with Crippen LogP contribution in [0.3, 0.4) is 0 Å². The Morgan fingerprint density at radius 2 is 1.61 bits per heavy atom. The van der Waals surface area contributed by atoms with Gasteiger partial charge in [-0.2, -0.15) is 0 Å². The highest BCUT2D eigenvalue weighted by molar-refractivity contribution is 5.96. The summed E-state index contributed by atoms with van der Waals surface area (Å²) in [7, 11) is 2.18. The number of hydrogen-bond donors (Lipinski definition) is 1. The van der Waals surface area contributed by atoms with E-state index in [1.807, 2.05) is 29.2 Å². The molecule has 2 aromatic rings. The summed E-state index contributed by atoms with van der Waals surface area (Å²) >= 11 is 0. The molecule has 1 aliphatic carbocycles. The molecule has 5 rings (SSSR count). The maximum atomic E-state index is 13.5. The molecule has 33 heavy (non-hydrogen) atoms. The van der Waals surface area contributed by atoms with E-state index in [4.69, 9.17) is 0 Å². The van der Waals surface area contributed by atoms with Crippen LogP contribution in [0.5, 0.6) is 0 Å². The van der Waals surface area contributed by atoms with Gasteiger partial charge in [-0.15, -0.1) is 0 Å². The number of anilines is 2. The molecule has 0 unspecified atom stereocenters. The number of carbonyl (C=O) groups excluding carboxylic acids is 1. The lowest BCUT2D eigenvalue weighted by molar-refractivity contribution is -0.123. The Morgan fingerprint density at radius 1 is 0.909 bits per heavy atom. The van der Waals surface area contributed by atoms with Gasteiger partial charge >= 0.3 is 0 Å². The molecule has 3 aliphatic rings. The van der Waals surface area contributed by atoms with Crippen molar-refractivity contribution < 1.29 is 9.90 Å². The number of likely N-dealkylation sites (N-methyl/N-ethyl adjacent to an activating group) is 1. The molecule has 1 N–H and O–H groups in total. The molecular formula is C28H37N3O2. The first kappa shape index (κ1) is 22.4. The number of hydrogen-bond acceptors (Lipinski definition) is 4. The molecule has 2 aromatic carbocycles. The van der Waals surface area contributed by atoms with Gasteiger partial charge in [-0.05, 0) is 68.5 Å². The average molecular weight is 448 g/mol. The van der Waals surface area contributed by atoms with Crippen molar-refractivity contribution in [2.45, 2.75) is 50.5 Å². The van der Waals surface area contributed by atoms with E-state index in [0.29, 0.717) is 0 Å². The highest BCUT2D eigenvalue weighted by atomic mass is 16.3. The first-order chi connectivity index (χ1) is 16.0. The number of nitrogens with zero attached hydrogens (tertiary/aromatic N) is 3. The van der Waals surface area contributed by atoms with Crippen LogP contribution in [-0.4, -0.2) is 55.7 Å². The summed E-state index contributed by atoms with van der Waals surface area (Å²) < 4.78 is 0. The molecule has 176 valence electrons. The second-order valence-corrected chi connectivity index (χ2v) is 10.2. The van der Waals surface area contributed by atoms with Crippen molar-refractivity contribution in [1.82, 2.24) is 4.90 Å². The van der Waals surface area contributed by atoms with Crippen molar-refractivity contribution in [3.8, 4) is 0 Å². The topological polar surface area (TPSA) is 47.0 Å². The lowest BCUT2D eigenvalue weighted by atomic mass is 9.88. The third kappa shape index (κ3) is 4.67. The fourth-order valence-electron chi connectivity index (χ4n) is 5.90. The maximum absolute atomic E-state index is 13.5. The maximum Gasteiger partial charge on any atom is 0.230 e. The number of amides is 1. The van der Waals surface area contributed by atoms with Crippen LogP contribution in [0.4, 0.5) is 11.4 Å². The van der Waals surface area contributed by atoms with Crippen LogP contribution in [0.15, 0.2) is 48.5 Å². The molecule has 5 heteroatoms. The highest BCUT2D eigenvalue weighted by Gasteiger charge is 2.34. The minimum atomic E-state index is -0.681. The van der Waals surface area contributed by atoms with Crippen molar-refractivity contribution in [2.24, 2.45) is 5.92 Å². The number of piperidine rings is 1. The third-order valence-electron chi connectivity index (χ3n) is 8.00. The fourth-order valence-corrected chi connectivity index (χ4v) is 5.90. The Morgan fingerprint density at radius 3 is 2.33 bits per heavy atom. The Bertz CT molecular complexity index is 959. The average Bonchev–Trinajstić information content (AvgIpc) is 3.29. The van der Waals surface area contributed by atoms with Crippen molar-refractivity contribution in [3.63, 3.8) is 0 Å². The summed E-state index contributed by atoms with van der Waals surface area (Å²) in [6, 6.07) is 16.8. The zero-order chi connectivity index (χ0) is 22.8. The molecular weight excluding hydrogens is 410 g/mol. The van der Waals surface area contributed by atoms with Crippen molar-refractivity contribution >= 4 is 17.3 Å². The molecule has 2 heterocycles. The van der Waals surface area contributed by atoms with E-state index in [2.05, 4.69) is 41.1 Å². The molecule has 0 aromatic heterocycles. The van der Waals surface area contributed by atoms with Crippen LogP contribution >= 0.6 is 0 Å². The summed E-state index contributed by atoms with van der Waals surface area (Å²) in [6.45, 7) is 5.01. The second-order valence-electron chi connectivity index (χ2n) is 10.2. The van der Waals surface area contributed by atoms with Crippen molar-refractivity contribution in [2.75, 3.05) is 49.6 Å². The summed E-state index contributed by atoms with van der Waals surface area (Å²) in [5.41, 5.74) is 3.86. The van der Waals surface area contributed by atoms with Gasteiger partial charge < -0.3 is 19.8 Å². The molecule has 0 spiro atoms. The van der Waals surface area contributed by atoms with Gasteiger partial charge in [-0.25, -0.2) is 0 Å². The summed E-state index contributed by atoms with van der Waals surface area (Å²) in [4.78, 5) is 20.3. The van der Waals surface area contributed by atoms with E-state index in [1.165, 1.54) is 11.3 Å². The lowest BCUT2D eigenvalue weighted by Crippen LogP contribution is -2.45. The smallest absolute Gasteiger partial charge is 0.230 e. The SMILES string of the molecule is CN1CCN(c2ccccc2C[C@@H]2CCCN(c3ccc(C4(O)CCCC4)cc3)C2=O)CC1. The number of para-hydroxylation sites is 1. The molecule has 5 nitrogen and oxygen atoms in total. The number of piperazine rings is 1. The van der Waals surface area contributed by atoms with Gasteiger partial charge in [-0.3, -0.25) is 4.79 Å². The van der Waals surface area contributed by atoms with Crippen LogP contribution in [0, 0.1) is 5.92 Å². The van der Waals surface area contributed by atoms with E-state index >= 15 is 0 Å². The van der Waals surface area contributed by atoms with E-state index in [-0.39, 0.29) is 11.8 Å². The third-order valence-corrected chi connectivity index (χ3v) is 8.00. The van der Waals surface area contributed by atoms with Crippen LogP contribution in [0.2, 0.25) is 0 Å². The van der Waals surface area contributed by atoms with Gasteiger partial charge in [-0.1, -0.05) is 43.2 Å². The minimum absolute atomic E-state index is 0.0195. The van der Waals surface area contributed by atoms with Crippen molar-refractivity contribution in [1.29, 1.82) is 0 Å². The highest BCUT2D eigenvalue weighted by Crippen LogP contribution is 2.39. The molecule has 1 atom stereocenters. The monoisotopic (exact) mass is 447 g/mol. The molecule has 1 amide bonds. The summed E-state index contributed by atoms with van der Waals surface area (Å²) in [5, 5.41) is 10.9. The van der Waals surface area contributed by atoms with Crippen LogP contribution in [-0.2, 0) is 16.8 Å². The number of aliphatic hydroxyl groups is 1. The molecule has 0 bridgehead atoms. The van der Waals surface area contributed by atoms with Gasteiger partial charge in [0.15, 0.2) is 0 Å². The largest absolute Gasteiger partial charge is 0.385 e. The standard InChI is InChI=1S/C28H37N3O2/c1-29-17-19-30(20-18-29)26-9-3-2-7-22(26)21-23-8-6-16-31(27(23)32)25-12-10-24(11-13-25)28(33)14-4-5-15-28/h2-3,7,9-13,23,33H,4-6,8,14-21H2,1H3/t23-/m0/s1. The van der Waals surface area contributed by atoms with Gasteiger partial charge in [0.1, 0.15) is 0 Å². The number of benzene rings is 2. The first-order valence-corrected chi connectivity index (χ1v) is 12.7. The molecule has 2 saturated heterocycles. The molecule has 2 aliphatic heterocycles.